The van der Waals surface area contributed by atoms with Crippen molar-refractivity contribution in [3.05, 3.63) is 76.7 Å². The van der Waals surface area contributed by atoms with Gasteiger partial charge in [-0.05, 0) is 87.5 Å². The number of anilines is 1. The molecule has 0 unspecified atom stereocenters. The molecule has 9 nitrogen and oxygen atoms in total. The van der Waals surface area contributed by atoms with Crippen LogP contribution in [-0.2, 0) is 27.5 Å². The molecule has 264 valence electrons. The quantitative estimate of drug-likeness (QED) is 0.261. The summed E-state index contributed by atoms with van der Waals surface area (Å²) >= 11 is 1.08. The summed E-state index contributed by atoms with van der Waals surface area (Å²) in [4.78, 5) is 17.8. The zero-order chi connectivity index (χ0) is 35.1. The van der Waals surface area contributed by atoms with Gasteiger partial charge >= 0.3 is 6.18 Å². The molecule has 0 saturated carbocycles. The predicted molar refractivity (Wildman–Crippen MR) is 180 cm³/mol. The van der Waals surface area contributed by atoms with E-state index in [1.54, 1.807) is 35.4 Å². The van der Waals surface area contributed by atoms with E-state index in [0.29, 0.717) is 31.9 Å². The molecule has 14 heteroatoms. The molecule has 4 atom stereocenters. The number of hydrogen-bond acceptors (Lipinski definition) is 8. The minimum Gasteiger partial charge on any atom is -0.490 e. The largest absolute Gasteiger partial charge is 0.490 e. The van der Waals surface area contributed by atoms with Crippen LogP contribution in [0.1, 0.15) is 61.5 Å². The van der Waals surface area contributed by atoms with Gasteiger partial charge in [-0.2, -0.15) is 13.2 Å². The zero-order valence-electron chi connectivity index (χ0n) is 27.6. The molecule has 0 radical (unpaired) electrons. The van der Waals surface area contributed by atoms with Crippen molar-refractivity contribution in [3.8, 4) is 5.75 Å². The molecule has 48 heavy (non-hydrogen) atoms. The van der Waals surface area contributed by atoms with E-state index in [-0.39, 0.29) is 46.7 Å². The van der Waals surface area contributed by atoms with E-state index in [4.69, 9.17) is 9.47 Å². The van der Waals surface area contributed by atoms with Gasteiger partial charge < -0.3 is 19.5 Å². The lowest BCUT2D eigenvalue weighted by molar-refractivity contribution is -0.137. The molecule has 4 rings (SSSR count). The summed E-state index contributed by atoms with van der Waals surface area (Å²) in [6.07, 6.45) is -2.73. The molecule has 0 aliphatic carbocycles. The molecule has 2 heterocycles. The average Bonchev–Trinajstić information content (AvgIpc) is 3.59. The van der Waals surface area contributed by atoms with Gasteiger partial charge in [0.2, 0.25) is 0 Å². The Morgan fingerprint density at radius 3 is 2.50 bits per heavy atom. The van der Waals surface area contributed by atoms with Crippen molar-refractivity contribution in [3.63, 3.8) is 0 Å². The fourth-order valence-corrected chi connectivity index (χ4v) is 7.60. The summed E-state index contributed by atoms with van der Waals surface area (Å²) < 4.78 is 80.4. The molecule has 0 spiro atoms. The van der Waals surface area contributed by atoms with Gasteiger partial charge in [-0.3, -0.25) is 14.4 Å². The topological polar surface area (TPSA) is 108 Å². The SMILES string of the molecule is C[C@@H]1CCCCO[C@@H](CN(C)Cc2ccc(C(F)(F)F)cc2)[C@@H](C)CN([C@H](C)CO)C(=O)c2cc(NS(=O)(=O)c3cccs3)ccc2O1. The van der Waals surface area contributed by atoms with Gasteiger partial charge in [0.25, 0.3) is 15.9 Å². The summed E-state index contributed by atoms with van der Waals surface area (Å²) in [7, 11) is -2.01. The molecule has 3 aromatic rings. The Kier molecular flexibility index (Phi) is 12.9. The van der Waals surface area contributed by atoms with E-state index in [0.717, 1.165) is 41.9 Å². The summed E-state index contributed by atoms with van der Waals surface area (Å²) in [5, 5.41) is 11.8. The summed E-state index contributed by atoms with van der Waals surface area (Å²) in [5.41, 5.74) is 0.382. The minimum atomic E-state index is -4.40. The first kappa shape index (κ1) is 37.6. The van der Waals surface area contributed by atoms with Gasteiger partial charge in [-0.1, -0.05) is 25.1 Å². The third kappa shape index (κ3) is 10.2. The molecule has 0 saturated heterocycles. The summed E-state index contributed by atoms with van der Waals surface area (Å²) in [6, 6.07) is 12.3. The maximum atomic E-state index is 14.3. The molecule has 1 amide bonds. The Morgan fingerprint density at radius 1 is 1.12 bits per heavy atom. The molecular formula is C34H44F3N3O6S2. The number of amides is 1. The second kappa shape index (κ2) is 16.5. The number of nitrogens with zero attached hydrogens (tertiary/aromatic N) is 2. The number of halogens is 3. The van der Waals surface area contributed by atoms with Crippen LogP contribution in [0.5, 0.6) is 5.75 Å². The minimum absolute atomic E-state index is 0.137. The van der Waals surface area contributed by atoms with Gasteiger partial charge in [0, 0.05) is 37.8 Å². The fourth-order valence-electron chi connectivity index (χ4n) is 5.55. The van der Waals surface area contributed by atoms with Crippen LogP contribution >= 0.6 is 11.3 Å². The number of rotatable bonds is 9. The second-order valence-corrected chi connectivity index (χ2v) is 15.3. The Morgan fingerprint density at radius 2 is 1.85 bits per heavy atom. The molecule has 1 aliphatic rings. The molecule has 1 aromatic heterocycles. The van der Waals surface area contributed by atoms with Gasteiger partial charge in [0.05, 0.1) is 36.0 Å². The number of nitrogens with one attached hydrogen (secondary N) is 1. The number of carbonyl (C=O) groups is 1. The first-order valence-electron chi connectivity index (χ1n) is 15.9. The van der Waals surface area contributed by atoms with Crippen LogP contribution in [0, 0.1) is 5.92 Å². The van der Waals surface area contributed by atoms with E-state index >= 15 is 0 Å². The third-order valence-electron chi connectivity index (χ3n) is 8.29. The molecule has 0 bridgehead atoms. The number of aliphatic hydroxyl groups excluding tert-OH is 1. The number of ether oxygens (including phenoxy) is 2. The number of likely N-dealkylation sites (N-methyl/N-ethyl adjacent to an activating group) is 1. The van der Waals surface area contributed by atoms with E-state index in [2.05, 4.69) is 4.72 Å². The van der Waals surface area contributed by atoms with Crippen molar-refractivity contribution in [2.75, 3.05) is 38.1 Å². The van der Waals surface area contributed by atoms with Crippen LogP contribution in [0.3, 0.4) is 0 Å². The van der Waals surface area contributed by atoms with Crippen LogP contribution in [0.25, 0.3) is 0 Å². The lowest BCUT2D eigenvalue weighted by Crippen LogP contribution is -2.47. The lowest BCUT2D eigenvalue weighted by atomic mass is 10.0. The van der Waals surface area contributed by atoms with Crippen LogP contribution in [0.15, 0.2) is 64.2 Å². The first-order valence-corrected chi connectivity index (χ1v) is 18.3. The number of sulfonamides is 1. The van der Waals surface area contributed by atoms with Crippen LogP contribution in [0.4, 0.5) is 18.9 Å². The summed E-state index contributed by atoms with van der Waals surface area (Å²) in [6.45, 7) is 6.81. The van der Waals surface area contributed by atoms with E-state index < -0.39 is 33.7 Å². The highest BCUT2D eigenvalue weighted by Gasteiger charge is 2.32. The average molecular weight is 712 g/mol. The van der Waals surface area contributed by atoms with E-state index in [1.807, 2.05) is 25.8 Å². The number of aliphatic hydroxyl groups is 1. The van der Waals surface area contributed by atoms with Crippen LogP contribution < -0.4 is 9.46 Å². The van der Waals surface area contributed by atoms with Crippen molar-refractivity contribution in [2.45, 2.75) is 75.2 Å². The molecule has 2 aromatic carbocycles. The van der Waals surface area contributed by atoms with Crippen molar-refractivity contribution < 1.29 is 41.0 Å². The van der Waals surface area contributed by atoms with Gasteiger partial charge in [0.15, 0.2) is 0 Å². The third-order valence-corrected chi connectivity index (χ3v) is 11.1. The molecule has 1 aliphatic heterocycles. The highest BCUT2D eigenvalue weighted by atomic mass is 32.2. The fraction of sp³-hybridized carbons (Fsp3) is 0.500. The first-order chi connectivity index (χ1) is 22.7. The van der Waals surface area contributed by atoms with Crippen LogP contribution in [0.2, 0.25) is 0 Å². The van der Waals surface area contributed by atoms with Gasteiger partial charge in [0.1, 0.15) is 9.96 Å². The number of thiophene rings is 1. The monoisotopic (exact) mass is 711 g/mol. The Labute approximate surface area is 284 Å². The molecule has 2 N–H and O–H groups in total. The summed E-state index contributed by atoms with van der Waals surface area (Å²) in [5.74, 6) is -0.336. The van der Waals surface area contributed by atoms with Crippen molar-refractivity contribution in [1.82, 2.24) is 9.80 Å². The van der Waals surface area contributed by atoms with Gasteiger partial charge in [-0.25, -0.2) is 8.42 Å². The van der Waals surface area contributed by atoms with Crippen molar-refractivity contribution in [2.24, 2.45) is 5.92 Å². The van der Waals surface area contributed by atoms with Crippen molar-refractivity contribution >= 4 is 33.0 Å². The van der Waals surface area contributed by atoms with Crippen molar-refractivity contribution in [1.29, 1.82) is 0 Å². The standard InChI is InChI=1S/C34H44F3N3O6S2/c1-23-19-40(24(2)22-41)33(42)29-18-28(38-48(43,44)32-9-7-17-47-32)14-15-30(29)46-25(3)8-5-6-16-45-31(23)21-39(4)20-26-10-12-27(13-11-26)34(35,36)37/h7,9-15,17-18,23-25,31,38,41H,5-6,8,16,19-22H2,1-4H3/t23-,24+,25+,31-/m0/s1. The van der Waals surface area contributed by atoms with E-state index in [1.165, 1.54) is 24.3 Å². The van der Waals surface area contributed by atoms with Gasteiger partial charge in [-0.15, -0.1) is 11.3 Å². The zero-order valence-corrected chi connectivity index (χ0v) is 29.2. The second-order valence-electron chi connectivity index (χ2n) is 12.4. The number of carbonyl (C=O) groups excluding carboxylic acids is 1. The maximum absolute atomic E-state index is 14.3. The highest BCUT2D eigenvalue weighted by Crippen LogP contribution is 2.31. The van der Waals surface area contributed by atoms with Crippen LogP contribution in [-0.4, -0.2) is 80.8 Å². The normalized spacial score (nSPS) is 20.9. The Balaban J connectivity index is 1.60. The predicted octanol–water partition coefficient (Wildman–Crippen LogP) is 6.50. The Hall–Kier alpha value is -3.17. The number of alkyl halides is 3. The Bertz CT molecular complexity index is 1590. The lowest BCUT2D eigenvalue weighted by Gasteiger charge is -2.36. The molecule has 0 fully saturated rings. The number of fused-ring (bicyclic) bond motifs is 1. The number of benzene rings is 2. The smallest absolute Gasteiger partial charge is 0.416 e. The highest BCUT2D eigenvalue weighted by molar-refractivity contribution is 7.94. The van der Waals surface area contributed by atoms with E-state index in [9.17, 15) is 31.5 Å². The maximum Gasteiger partial charge on any atom is 0.416 e. The molecular weight excluding hydrogens is 668 g/mol. The number of hydrogen-bond donors (Lipinski definition) is 2.